The van der Waals surface area contributed by atoms with E-state index in [4.69, 9.17) is 16.3 Å². The first-order valence-corrected chi connectivity index (χ1v) is 9.07. The van der Waals surface area contributed by atoms with Gasteiger partial charge in [-0.3, -0.25) is 25.2 Å². The minimum absolute atomic E-state index is 0.234. The van der Waals surface area contributed by atoms with Crippen LogP contribution in [0.4, 0.5) is 10.1 Å². The Labute approximate surface area is 167 Å². The molecule has 3 amide bonds. The number of nitrogens with one attached hydrogen (secondary N) is 3. The van der Waals surface area contributed by atoms with Gasteiger partial charge in [0.25, 0.3) is 11.8 Å². The second-order valence-corrected chi connectivity index (χ2v) is 6.89. The quantitative estimate of drug-likeness (QED) is 0.403. The highest BCUT2D eigenvalue weighted by Gasteiger charge is 2.17. The molecule has 0 fully saturated rings. The van der Waals surface area contributed by atoms with Gasteiger partial charge in [-0.2, -0.15) is 0 Å². The topological polar surface area (TPSA) is 96.5 Å². The van der Waals surface area contributed by atoms with E-state index in [2.05, 4.69) is 16.2 Å². The van der Waals surface area contributed by atoms with Crippen LogP contribution in [-0.4, -0.2) is 24.8 Å². The molecule has 2 aromatic carbocycles. The lowest BCUT2D eigenvalue weighted by Gasteiger charge is -2.07. The molecule has 0 bridgehead atoms. The number of amides is 3. The van der Waals surface area contributed by atoms with Crippen LogP contribution in [0.3, 0.4) is 0 Å². The van der Waals surface area contributed by atoms with E-state index in [1.807, 2.05) is 0 Å². The molecule has 0 spiro atoms. The standard InChI is InChI=1S/C18H13ClFN3O4S/c19-16-13-6-5-12(7-14(13)28-17(16)18(26)23-21-9-24)27-8-15(25)22-11-3-1-10(20)2-4-11/h1-7,9H,8H2,(H,21,24)(H,22,25)(H,23,26). The van der Waals surface area contributed by atoms with Gasteiger partial charge >= 0.3 is 0 Å². The predicted molar refractivity (Wildman–Crippen MR) is 104 cm³/mol. The number of rotatable bonds is 7. The van der Waals surface area contributed by atoms with Gasteiger partial charge in [-0.25, -0.2) is 4.39 Å². The zero-order chi connectivity index (χ0) is 20.1. The van der Waals surface area contributed by atoms with Gasteiger partial charge in [0.15, 0.2) is 6.61 Å². The van der Waals surface area contributed by atoms with E-state index in [0.29, 0.717) is 27.9 Å². The number of hydrogen-bond donors (Lipinski definition) is 3. The monoisotopic (exact) mass is 421 g/mol. The number of thiophene rings is 1. The Morgan fingerprint density at radius 2 is 1.93 bits per heavy atom. The molecule has 0 radical (unpaired) electrons. The van der Waals surface area contributed by atoms with Crippen LogP contribution < -0.4 is 20.9 Å². The van der Waals surface area contributed by atoms with Crippen molar-refractivity contribution >= 4 is 56.9 Å². The second kappa shape index (κ2) is 8.68. The van der Waals surface area contributed by atoms with Gasteiger partial charge < -0.3 is 10.1 Å². The molecule has 0 aliphatic heterocycles. The van der Waals surface area contributed by atoms with Gasteiger partial charge in [0.2, 0.25) is 6.41 Å². The predicted octanol–water partition coefficient (Wildman–Crippen LogP) is 3.10. The molecule has 3 N–H and O–H groups in total. The van der Waals surface area contributed by atoms with Crippen molar-refractivity contribution in [3.63, 3.8) is 0 Å². The first kappa shape index (κ1) is 19.6. The van der Waals surface area contributed by atoms with Crippen LogP contribution in [0.5, 0.6) is 5.75 Å². The van der Waals surface area contributed by atoms with Crippen LogP contribution in [0, 0.1) is 5.82 Å². The Balaban J connectivity index is 1.66. The van der Waals surface area contributed by atoms with Crippen LogP contribution in [0.1, 0.15) is 9.67 Å². The Morgan fingerprint density at radius 1 is 1.18 bits per heavy atom. The second-order valence-electron chi connectivity index (χ2n) is 5.46. The number of carbonyl (C=O) groups excluding carboxylic acids is 3. The first-order chi connectivity index (χ1) is 13.5. The van der Waals surface area contributed by atoms with Crippen molar-refractivity contribution in [2.24, 2.45) is 0 Å². The van der Waals surface area contributed by atoms with Crippen LogP contribution in [0.2, 0.25) is 5.02 Å². The summed E-state index contributed by atoms with van der Waals surface area (Å²) < 4.78 is 19.0. The maximum absolute atomic E-state index is 12.9. The van der Waals surface area contributed by atoms with Crippen molar-refractivity contribution < 1.29 is 23.5 Å². The number of fused-ring (bicyclic) bond motifs is 1. The largest absolute Gasteiger partial charge is 0.484 e. The summed E-state index contributed by atoms with van der Waals surface area (Å²) in [6.45, 7) is -0.251. The summed E-state index contributed by atoms with van der Waals surface area (Å²) in [7, 11) is 0. The number of hydrogen-bond acceptors (Lipinski definition) is 5. The molecular formula is C18H13ClFN3O4S. The van der Waals surface area contributed by atoms with Crippen molar-refractivity contribution in [3.8, 4) is 5.75 Å². The molecule has 0 saturated carbocycles. The molecule has 1 heterocycles. The summed E-state index contributed by atoms with van der Waals surface area (Å²) in [5.74, 6) is -0.930. The highest BCUT2D eigenvalue weighted by atomic mass is 35.5. The number of benzene rings is 2. The Hall–Kier alpha value is -3.17. The fourth-order valence-electron chi connectivity index (χ4n) is 2.31. The third kappa shape index (κ3) is 4.56. The van der Waals surface area contributed by atoms with E-state index in [1.54, 1.807) is 18.2 Å². The first-order valence-electron chi connectivity index (χ1n) is 7.87. The zero-order valence-corrected chi connectivity index (χ0v) is 15.7. The van der Waals surface area contributed by atoms with Crippen molar-refractivity contribution in [1.82, 2.24) is 10.9 Å². The van der Waals surface area contributed by atoms with Crippen LogP contribution >= 0.6 is 22.9 Å². The van der Waals surface area contributed by atoms with Gasteiger partial charge in [0, 0.05) is 15.8 Å². The SMILES string of the molecule is O=CNNC(=O)c1sc2cc(OCC(=O)Nc3ccc(F)cc3)ccc2c1Cl. The molecule has 0 aliphatic rings. The summed E-state index contributed by atoms with van der Waals surface area (Å²) >= 11 is 7.33. The third-order valence-electron chi connectivity index (χ3n) is 3.55. The molecule has 28 heavy (non-hydrogen) atoms. The Morgan fingerprint density at radius 3 is 2.64 bits per heavy atom. The summed E-state index contributed by atoms with van der Waals surface area (Å²) in [4.78, 5) is 34.4. The minimum atomic E-state index is -0.542. The zero-order valence-electron chi connectivity index (χ0n) is 14.1. The van der Waals surface area contributed by atoms with Gasteiger partial charge in [-0.05, 0) is 42.5 Å². The van der Waals surface area contributed by atoms with E-state index in [9.17, 15) is 18.8 Å². The Kier molecular flexibility index (Phi) is 6.07. The molecule has 144 valence electrons. The number of ether oxygens (including phenoxy) is 1. The molecule has 1 aromatic heterocycles. The minimum Gasteiger partial charge on any atom is -0.484 e. The van der Waals surface area contributed by atoms with Gasteiger partial charge in [-0.1, -0.05) is 11.6 Å². The fraction of sp³-hybridized carbons (Fsp3) is 0.0556. The lowest BCUT2D eigenvalue weighted by atomic mass is 10.2. The normalized spacial score (nSPS) is 10.4. The molecule has 7 nitrogen and oxygen atoms in total. The summed E-state index contributed by atoms with van der Waals surface area (Å²) in [6.07, 6.45) is 0.335. The number of carbonyl (C=O) groups is 3. The average molecular weight is 422 g/mol. The highest BCUT2D eigenvalue weighted by molar-refractivity contribution is 7.21. The highest BCUT2D eigenvalue weighted by Crippen LogP contribution is 2.37. The molecule has 0 saturated heterocycles. The maximum atomic E-state index is 12.9. The molecule has 0 aliphatic carbocycles. The van der Waals surface area contributed by atoms with Crippen molar-refractivity contribution in [3.05, 3.63) is 58.2 Å². The third-order valence-corrected chi connectivity index (χ3v) is 5.21. The van der Waals surface area contributed by atoms with Crippen LogP contribution in [-0.2, 0) is 9.59 Å². The molecule has 10 heteroatoms. The smallest absolute Gasteiger partial charge is 0.281 e. The van der Waals surface area contributed by atoms with Gasteiger partial charge in [0.05, 0.1) is 5.02 Å². The van der Waals surface area contributed by atoms with Crippen molar-refractivity contribution in [2.75, 3.05) is 11.9 Å². The molecule has 0 atom stereocenters. The molecule has 3 aromatic rings. The van der Waals surface area contributed by atoms with E-state index in [-0.39, 0.29) is 16.5 Å². The Bertz CT molecular complexity index is 1040. The number of halogens is 2. The molecule has 0 unspecified atom stereocenters. The van der Waals surface area contributed by atoms with E-state index in [1.165, 1.54) is 24.3 Å². The maximum Gasteiger partial charge on any atom is 0.281 e. The summed E-state index contributed by atoms with van der Waals surface area (Å²) in [5, 5.41) is 3.49. The lowest BCUT2D eigenvalue weighted by molar-refractivity contribution is -0.118. The van der Waals surface area contributed by atoms with Crippen molar-refractivity contribution in [2.45, 2.75) is 0 Å². The van der Waals surface area contributed by atoms with Gasteiger partial charge in [0.1, 0.15) is 16.4 Å². The van der Waals surface area contributed by atoms with Crippen LogP contribution in [0.25, 0.3) is 10.1 Å². The van der Waals surface area contributed by atoms with E-state index >= 15 is 0 Å². The van der Waals surface area contributed by atoms with E-state index in [0.717, 1.165) is 11.3 Å². The van der Waals surface area contributed by atoms with Gasteiger partial charge in [-0.15, -0.1) is 11.3 Å². The van der Waals surface area contributed by atoms with Crippen molar-refractivity contribution in [1.29, 1.82) is 0 Å². The van der Waals surface area contributed by atoms with E-state index < -0.39 is 17.6 Å². The van der Waals surface area contributed by atoms with Crippen LogP contribution in [0.15, 0.2) is 42.5 Å². The lowest BCUT2D eigenvalue weighted by Crippen LogP contribution is -2.35. The fourth-order valence-corrected chi connectivity index (χ4v) is 3.75. The summed E-state index contributed by atoms with van der Waals surface area (Å²) in [6, 6.07) is 10.3. The molecular weight excluding hydrogens is 409 g/mol. The number of anilines is 1. The average Bonchev–Trinajstić information content (AvgIpc) is 3.02. The summed E-state index contributed by atoms with van der Waals surface area (Å²) in [5.41, 5.74) is 4.71. The number of hydrazine groups is 1. The molecule has 3 rings (SSSR count).